The van der Waals surface area contributed by atoms with Gasteiger partial charge in [-0.05, 0) is 48.0 Å². The Balaban J connectivity index is 4.50. The van der Waals surface area contributed by atoms with Gasteiger partial charge in [0.25, 0.3) is 0 Å². The topological polar surface area (TPSA) is 48.0 Å². The summed E-state index contributed by atoms with van der Waals surface area (Å²) in [6.07, 6.45) is 0.985. The molecule has 124 valence electrons. The molecule has 0 aliphatic carbocycles. The Labute approximate surface area is 129 Å². The summed E-state index contributed by atoms with van der Waals surface area (Å²) in [5, 5.41) is 0. The molecule has 0 fully saturated rings. The molecule has 0 aromatic heterocycles. The maximum atomic E-state index is 12.1. The first-order valence-corrected chi connectivity index (χ1v) is 7.47. The van der Waals surface area contributed by atoms with Crippen LogP contribution in [0.25, 0.3) is 0 Å². The van der Waals surface area contributed by atoms with Crippen LogP contribution in [0.2, 0.25) is 0 Å². The summed E-state index contributed by atoms with van der Waals surface area (Å²) >= 11 is 0. The molecule has 5 heteroatoms. The van der Waals surface area contributed by atoms with E-state index in [0.717, 1.165) is 0 Å². The van der Waals surface area contributed by atoms with E-state index in [1.165, 1.54) is 0 Å². The van der Waals surface area contributed by atoms with Crippen LogP contribution in [0.1, 0.15) is 54.4 Å². The lowest BCUT2D eigenvalue weighted by Crippen LogP contribution is -2.36. The molecule has 0 bridgehead atoms. The highest BCUT2D eigenvalue weighted by atomic mass is 17.2. The molecule has 0 aliphatic rings. The molecule has 0 saturated heterocycles. The third-order valence-corrected chi connectivity index (χ3v) is 3.13. The summed E-state index contributed by atoms with van der Waals surface area (Å²) in [4.78, 5) is 24.6. The van der Waals surface area contributed by atoms with Crippen molar-refractivity contribution < 1.29 is 19.3 Å². The minimum Gasteiger partial charge on any atom is -0.351 e. The van der Waals surface area contributed by atoms with Crippen LogP contribution in [0.5, 0.6) is 0 Å². The van der Waals surface area contributed by atoms with E-state index < -0.39 is 11.4 Å². The highest BCUT2D eigenvalue weighted by Gasteiger charge is 2.29. The maximum absolute atomic E-state index is 12.1. The van der Waals surface area contributed by atoms with E-state index in [2.05, 4.69) is 6.58 Å². The lowest BCUT2D eigenvalue weighted by molar-refractivity contribution is -0.452. The van der Waals surface area contributed by atoms with Crippen LogP contribution in [0.3, 0.4) is 0 Å². The molecule has 0 saturated carbocycles. The molecule has 0 radical (unpaired) electrons. The van der Waals surface area contributed by atoms with Crippen molar-refractivity contribution in [1.82, 2.24) is 4.90 Å². The van der Waals surface area contributed by atoms with Gasteiger partial charge < -0.3 is 9.64 Å². The van der Waals surface area contributed by atoms with E-state index in [1.807, 2.05) is 34.6 Å². The second-order valence-electron chi connectivity index (χ2n) is 6.20. The molecule has 0 N–H and O–H groups in total. The summed E-state index contributed by atoms with van der Waals surface area (Å²) in [7, 11) is 1.56. The summed E-state index contributed by atoms with van der Waals surface area (Å²) in [6.45, 7) is 16.6. The van der Waals surface area contributed by atoms with Gasteiger partial charge in [0.2, 0.25) is 5.91 Å². The Kier molecular flexibility index (Phi) is 8.14. The van der Waals surface area contributed by atoms with Crippen molar-refractivity contribution in [3.05, 3.63) is 12.2 Å². The predicted molar refractivity (Wildman–Crippen MR) is 83.6 cm³/mol. The normalized spacial score (nSPS) is 14.6. The first-order chi connectivity index (χ1) is 9.58. The summed E-state index contributed by atoms with van der Waals surface area (Å²) < 4.78 is 5.36. The van der Waals surface area contributed by atoms with Gasteiger partial charge in [0, 0.05) is 32.2 Å². The van der Waals surface area contributed by atoms with Crippen LogP contribution in [0.4, 0.5) is 0 Å². The molecular formula is C16H31NO4. The van der Waals surface area contributed by atoms with Gasteiger partial charge in [0.15, 0.2) is 5.79 Å². The van der Waals surface area contributed by atoms with Crippen LogP contribution in [0.15, 0.2) is 12.2 Å². The van der Waals surface area contributed by atoms with Crippen molar-refractivity contribution in [2.24, 2.45) is 0 Å². The van der Waals surface area contributed by atoms with Crippen molar-refractivity contribution in [1.29, 1.82) is 0 Å². The van der Waals surface area contributed by atoms with Gasteiger partial charge in [-0.3, -0.25) is 4.79 Å². The van der Waals surface area contributed by atoms with Gasteiger partial charge in [-0.15, -0.1) is 0 Å². The fourth-order valence-corrected chi connectivity index (χ4v) is 1.61. The monoisotopic (exact) mass is 301 g/mol. The average Bonchev–Trinajstić information content (AvgIpc) is 2.43. The second kappa shape index (κ2) is 8.51. The van der Waals surface area contributed by atoms with Crippen molar-refractivity contribution >= 4 is 5.91 Å². The number of hydrogen-bond acceptors (Lipinski definition) is 4. The maximum Gasteiger partial charge on any atom is 0.249 e. The molecule has 0 aliphatic heterocycles. The molecular weight excluding hydrogens is 270 g/mol. The molecule has 0 aromatic carbocycles. The van der Waals surface area contributed by atoms with Crippen LogP contribution >= 0.6 is 0 Å². The Morgan fingerprint density at radius 3 is 2.00 bits per heavy atom. The minimum absolute atomic E-state index is 0.0183. The van der Waals surface area contributed by atoms with E-state index in [-0.39, 0.29) is 5.91 Å². The van der Waals surface area contributed by atoms with Gasteiger partial charge >= 0.3 is 0 Å². The van der Waals surface area contributed by atoms with Crippen LogP contribution < -0.4 is 0 Å². The molecule has 0 aromatic rings. The van der Waals surface area contributed by atoms with E-state index in [9.17, 15) is 4.79 Å². The molecule has 21 heavy (non-hydrogen) atoms. The molecule has 0 rings (SSSR count). The molecule has 1 atom stereocenters. The summed E-state index contributed by atoms with van der Waals surface area (Å²) in [6, 6.07) is 0. The van der Waals surface area contributed by atoms with Gasteiger partial charge in [0.1, 0.15) is 0 Å². The van der Waals surface area contributed by atoms with Crippen molar-refractivity contribution in [3.63, 3.8) is 0 Å². The Hall–Kier alpha value is -0.910. The zero-order valence-corrected chi connectivity index (χ0v) is 14.6. The van der Waals surface area contributed by atoms with Gasteiger partial charge in [-0.1, -0.05) is 6.58 Å². The lowest BCUT2D eigenvalue weighted by atomic mass is 10.1. The summed E-state index contributed by atoms with van der Waals surface area (Å²) in [5.74, 6) is -0.921. The Morgan fingerprint density at radius 2 is 1.62 bits per heavy atom. The van der Waals surface area contributed by atoms with Gasteiger partial charge in [-0.25, -0.2) is 9.78 Å². The van der Waals surface area contributed by atoms with Crippen LogP contribution in [-0.4, -0.2) is 42.4 Å². The summed E-state index contributed by atoms with van der Waals surface area (Å²) in [5.41, 5.74) is 0.134. The molecule has 1 unspecified atom stereocenters. The third-order valence-electron chi connectivity index (χ3n) is 3.13. The number of hydrogen-bond donors (Lipinski definition) is 0. The SMILES string of the molecule is C=C(CCC(C)(OC)OOC(C)(C)C)C(=O)N(CC)CC. The average molecular weight is 301 g/mol. The zero-order valence-electron chi connectivity index (χ0n) is 14.6. The number of ether oxygens (including phenoxy) is 1. The van der Waals surface area contributed by atoms with E-state index in [4.69, 9.17) is 14.5 Å². The number of likely N-dealkylation sites (N-methyl/N-ethyl adjacent to an activating group) is 1. The molecule has 0 heterocycles. The van der Waals surface area contributed by atoms with Crippen LogP contribution in [-0.2, 0) is 19.3 Å². The van der Waals surface area contributed by atoms with Crippen molar-refractivity contribution in [2.75, 3.05) is 20.2 Å². The molecule has 5 nitrogen and oxygen atoms in total. The van der Waals surface area contributed by atoms with E-state index in [1.54, 1.807) is 18.9 Å². The fourth-order valence-electron chi connectivity index (χ4n) is 1.61. The number of carbonyl (C=O) groups excluding carboxylic acids is 1. The largest absolute Gasteiger partial charge is 0.351 e. The number of amides is 1. The fraction of sp³-hybridized carbons (Fsp3) is 0.812. The van der Waals surface area contributed by atoms with E-state index in [0.29, 0.717) is 31.5 Å². The predicted octanol–water partition coefficient (Wildman–Crippen LogP) is 3.30. The number of nitrogens with zero attached hydrogens (tertiary/aromatic N) is 1. The van der Waals surface area contributed by atoms with Gasteiger partial charge in [0.05, 0.1) is 5.60 Å². The Bertz CT molecular complexity index is 345. The van der Waals surface area contributed by atoms with E-state index >= 15 is 0 Å². The highest BCUT2D eigenvalue weighted by Crippen LogP contribution is 2.24. The first-order valence-electron chi connectivity index (χ1n) is 7.47. The number of methoxy groups -OCH3 is 1. The lowest BCUT2D eigenvalue weighted by Gasteiger charge is -2.30. The molecule has 0 spiro atoms. The standard InChI is InChI=1S/C16H31NO4/c1-9-17(10-2)14(18)13(3)11-12-16(7,19-8)21-20-15(4,5)6/h3,9-12H2,1-2,4-8H3. The minimum atomic E-state index is -0.903. The first kappa shape index (κ1) is 20.1. The van der Waals surface area contributed by atoms with Crippen LogP contribution in [0, 0.1) is 0 Å². The van der Waals surface area contributed by atoms with Gasteiger partial charge in [-0.2, -0.15) is 0 Å². The highest BCUT2D eigenvalue weighted by molar-refractivity contribution is 5.92. The van der Waals surface area contributed by atoms with Crippen molar-refractivity contribution in [2.45, 2.75) is 65.8 Å². The zero-order chi connectivity index (χ0) is 16.7. The number of rotatable bonds is 9. The Morgan fingerprint density at radius 1 is 1.10 bits per heavy atom. The smallest absolute Gasteiger partial charge is 0.249 e. The third kappa shape index (κ3) is 7.60. The van der Waals surface area contributed by atoms with Crippen molar-refractivity contribution in [3.8, 4) is 0 Å². The molecule has 1 amide bonds. The second-order valence-corrected chi connectivity index (χ2v) is 6.20. The quantitative estimate of drug-likeness (QED) is 0.284. The number of carbonyl (C=O) groups is 1.